The van der Waals surface area contributed by atoms with Crippen LogP contribution in [0.5, 0.6) is 11.5 Å². The van der Waals surface area contributed by atoms with Crippen LogP contribution in [-0.4, -0.2) is 34.8 Å². The molecule has 0 unspecified atom stereocenters. The number of amides is 1. The lowest BCUT2D eigenvalue weighted by Crippen LogP contribution is -2.47. The molecule has 1 aliphatic heterocycles. The zero-order valence-corrected chi connectivity index (χ0v) is 21.9. The molecule has 4 aromatic rings. The molecular formula is C32H30ClFN2O2. The van der Waals surface area contributed by atoms with E-state index in [4.69, 9.17) is 16.3 Å². The molecule has 6 heteroatoms. The van der Waals surface area contributed by atoms with Gasteiger partial charge in [0.25, 0.3) is 5.91 Å². The Morgan fingerprint density at radius 2 is 1.53 bits per heavy atom. The average Bonchev–Trinajstić information content (AvgIpc) is 2.94. The van der Waals surface area contributed by atoms with Crippen molar-refractivity contribution in [1.29, 1.82) is 0 Å². The maximum atomic E-state index is 14.7. The van der Waals surface area contributed by atoms with Crippen LogP contribution >= 0.6 is 11.6 Å². The standard InChI is InChI=1S/C32H30ClFN2O2/c33-26-13-15-28(16-14-26)38-29-10-6-9-25(21-29)23-36(32(37)30-11-4-5-12-31(30)34)27-17-19-35(20-18-27)22-24-7-2-1-3-8-24/h1-16,21,27H,17-20,22-23H2. The summed E-state index contributed by atoms with van der Waals surface area (Å²) < 4.78 is 20.7. The van der Waals surface area contributed by atoms with Crippen LogP contribution in [0.1, 0.15) is 34.3 Å². The number of piperidine rings is 1. The molecule has 0 spiro atoms. The van der Waals surface area contributed by atoms with Gasteiger partial charge >= 0.3 is 0 Å². The van der Waals surface area contributed by atoms with Gasteiger partial charge in [0.2, 0.25) is 0 Å². The molecule has 0 radical (unpaired) electrons. The van der Waals surface area contributed by atoms with E-state index < -0.39 is 5.82 Å². The van der Waals surface area contributed by atoms with E-state index in [1.165, 1.54) is 11.6 Å². The second-order valence-electron chi connectivity index (χ2n) is 9.61. The molecule has 5 rings (SSSR count). The van der Waals surface area contributed by atoms with E-state index in [9.17, 15) is 9.18 Å². The van der Waals surface area contributed by atoms with Crippen LogP contribution in [0.4, 0.5) is 4.39 Å². The Bertz CT molecular complexity index is 1360. The third kappa shape index (κ3) is 6.60. The number of benzene rings is 4. The zero-order valence-electron chi connectivity index (χ0n) is 21.1. The van der Waals surface area contributed by atoms with Gasteiger partial charge < -0.3 is 9.64 Å². The molecule has 4 nitrogen and oxygen atoms in total. The van der Waals surface area contributed by atoms with Crippen molar-refractivity contribution in [3.05, 3.63) is 131 Å². The maximum Gasteiger partial charge on any atom is 0.257 e. The quantitative estimate of drug-likeness (QED) is 0.236. The molecule has 1 heterocycles. The monoisotopic (exact) mass is 528 g/mol. The van der Waals surface area contributed by atoms with Crippen molar-refractivity contribution in [2.24, 2.45) is 0 Å². The molecule has 0 atom stereocenters. The third-order valence-corrected chi connectivity index (χ3v) is 7.16. The average molecular weight is 529 g/mol. The second-order valence-corrected chi connectivity index (χ2v) is 10.0. The Morgan fingerprint density at radius 1 is 0.842 bits per heavy atom. The number of nitrogens with zero attached hydrogens (tertiary/aromatic N) is 2. The van der Waals surface area contributed by atoms with E-state index in [0.29, 0.717) is 23.1 Å². The molecule has 0 N–H and O–H groups in total. The number of likely N-dealkylation sites (tertiary alicyclic amines) is 1. The first kappa shape index (κ1) is 26.0. The Kier molecular flexibility index (Phi) is 8.37. The van der Waals surface area contributed by atoms with Crippen LogP contribution in [-0.2, 0) is 13.1 Å². The summed E-state index contributed by atoms with van der Waals surface area (Å²) in [7, 11) is 0. The highest BCUT2D eigenvalue weighted by Crippen LogP contribution is 2.27. The van der Waals surface area contributed by atoms with Crippen LogP contribution in [0.3, 0.4) is 0 Å². The minimum absolute atomic E-state index is 0.00923. The normalized spacial score (nSPS) is 14.3. The van der Waals surface area contributed by atoms with Crippen LogP contribution in [0.15, 0.2) is 103 Å². The van der Waals surface area contributed by atoms with Gasteiger partial charge in [-0.15, -0.1) is 0 Å². The van der Waals surface area contributed by atoms with Crippen LogP contribution in [0.25, 0.3) is 0 Å². The highest BCUT2D eigenvalue weighted by molar-refractivity contribution is 6.30. The molecule has 38 heavy (non-hydrogen) atoms. The van der Waals surface area contributed by atoms with Gasteiger partial charge in [-0.05, 0) is 72.5 Å². The summed E-state index contributed by atoms with van der Waals surface area (Å²) in [6.07, 6.45) is 1.65. The molecule has 4 aromatic carbocycles. The third-order valence-electron chi connectivity index (χ3n) is 6.91. The summed E-state index contributed by atoms with van der Waals surface area (Å²) in [5, 5.41) is 0.642. The molecular weight excluding hydrogens is 499 g/mol. The van der Waals surface area contributed by atoms with E-state index >= 15 is 0 Å². The first-order chi connectivity index (χ1) is 18.5. The minimum atomic E-state index is -0.496. The van der Waals surface area contributed by atoms with Gasteiger partial charge in [0.15, 0.2) is 0 Å². The van der Waals surface area contributed by atoms with Gasteiger partial charge in [-0.25, -0.2) is 4.39 Å². The van der Waals surface area contributed by atoms with Gasteiger partial charge in [0.05, 0.1) is 5.56 Å². The van der Waals surface area contributed by atoms with Gasteiger partial charge in [-0.2, -0.15) is 0 Å². The molecule has 1 saturated heterocycles. The summed E-state index contributed by atoms with van der Waals surface area (Å²) in [5.74, 6) is 0.565. The van der Waals surface area contributed by atoms with E-state index in [1.54, 1.807) is 30.3 Å². The molecule has 194 valence electrons. The Morgan fingerprint density at radius 3 is 2.26 bits per heavy atom. The van der Waals surface area contributed by atoms with E-state index in [1.807, 2.05) is 47.4 Å². The number of hydrogen-bond acceptors (Lipinski definition) is 3. The van der Waals surface area contributed by atoms with Crippen molar-refractivity contribution in [1.82, 2.24) is 9.80 Å². The van der Waals surface area contributed by atoms with Crippen molar-refractivity contribution < 1.29 is 13.9 Å². The molecule has 0 saturated carbocycles. The smallest absolute Gasteiger partial charge is 0.257 e. The van der Waals surface area contributed by atoms with Crippen LogP contribution in [0.2, 0.25) is 5.02 Å². The van der Waals surface area contributed by atoms with Crippen molar-refractivity contribution in [3.8, 4) is 11.5 Å². The fourth-order valence-corrected chi connectivity index (χ4v) is 5.06. The van der Waals surface area contributed by atoms with E-state index in [2.05, 4.69) is 29.2 Å². The largest absolute Gasteiger partial charge is 0.457 e. The summed E-state index contributed by atoms with van der Waals surface area (Å²) in [5.41, 5.74) is 2.31. The number of carbonyl (C=O) groups excluding carboxylic acids is 1. The Labute approximate surface area is 228 Å². The highest BCUT2D eigenvalue weighted by Gasteiger charge is 2.30. The van der Waals surface area contributed by atoms with E-state index in [0.717, 1.165) is 38.0 Å². The molecule has 1 amide bonds. The number of rotatable bonds is 8. The predicted octanol–water partition coefficient (Wildman–Crippen LogP) is 7.58. The molecule has 0 aromatic heterocycles. The van der Waals surface area contributed by atoms with Gasteiger partial charge in [-0.1, -0.05) is 66.2 Å². The molecule has 0 aliphatic carbocycles. The van der Waals surface area contributed by atoms with Crippen molar-refractivity contribution in [2.75, 3.05) is 13.1 Å². The second kappa shape index (κ2) is 12.2. The number of ether oxygens (including phenoxy) is 1. The van der Waals surface area contributed by atoms with Gasteiger partial charge in [0.1, 0.15) is 17.3 Å². The van der Waals surface area contributed by atoms with Crippen molar-refractivity contribution in [2.45, 2.75) is 32.0 Å². The summed E-state index contributed by atoms with van der Waals surface area (Å²) in [4.78, 5) is 17.9. The molecule has 1 fully saturated rings. The van der Waals surface area contributed by atoms with Crippen molar-refractivity contribution >= 4 is 17.5 Å². The predicted molar refractivity (Wildman–Crippen MR) is 149 cm³/mol. The Hall–Kier alpha value is -3.67. The first-order valence-corrected chi connectivity index (χ1v) is 13.3. The van der Waals surface area contributed by atoms with Crippen LogP contribution < -0.4 is 4.74 Å². The highest BCUT2D eigenvalue weighted by atomic mass is 35.5. The summed E-state index contributed by atoms with van der Waals surface area (Å²) in [6.45, 7) is 3.01. The fourth-order valence-electron chi connectivity index (χ4n) is 4.93. The summed E-state index contributed by atoms with van der Waals surface area (Å²) in [6, 6.07) is 31.5. The Balaban J connectivity index is 1.33. The lowest BCUT2D eigenvalue weighted by Gasteiger charge is -2.39. The SMILES string of the molecule is O=C(c1ccccc1F)N(Cc1cccc(Oc2ccc(Cl)cc2)c1)C1CCN(Cc2ccccc2)CC1. The number of hydrogen-bond donors (Lipinski definition) is 0. The van der Waals surface area contributed by atoms with Crippen molar-refractivity contribution in [3.63, 3.8) is 0 Å². The van der Waals surface area contributed by atoms with Crippen LogP contribution in [0, 0.1) is 5.82 Å². The van der Waals surface area contributed by atoms with Gasteiger partial charge in [-0.3, -0.25) is 9.69 Å². The number of halogens is 2. The lowest BCUT2D eigenvalue weighted by molar-refractivity contribution is 0.0538. The fraction of sp³-hybridized carbons (Fsp3) is 0.219. The zero-order chi connectivity index (χ0) is 26.3. The van der Waals surface area contributed by atoms with Gasteiger partial charge in [0, 0.05) is 37.2 Å². The molecule has 1 aliphatic rings. The lowest BCUT2D eigenvalue weighted by atomic mass is 10.00. The van der Waals surface area contributed by atoms with E-state index in [-0.39, 0.29) is 17.5 Å². The molecule has 0 bridgehead atoms. The number of carbonyl (C=O) groups is 1. The summed E-state index contributed by atoms with van der Waals surface area (Å²) >= 11 is 5.99. The maximum absolute atomic E-state index is 14.7. The minimum Gasteiger partial charge on any atom is -0.457 e. The topological polar surface area (TPSA) is 32.8 Å². The first-order valence-electron chi connectivity index (χ1n) is 12.9.